The van der Waals surface area contributed by atoms with E-state index < -0.39 is 35.3 Å². The molecular weight excluding hydrogens is 235 g/mol. The highest BCUT2D eigenvalue weighted by atomic mass is 19.4. The molecule has 17 heavy (non-hydrogen) atoms. The van der Waals surface area contributed by atoms with E-state index in [0.29, 0.717) is 0 Å². The van der Waals surface area contributed by atoms with Gasteiger partial charge in [0.05, 0.1) is 12.0 Å². The van der Waals surface area contributed by atoms with Crippen molar-refractivity contribution < 1.29 is 22.8 Å². The Kier molecular flexibility index (Phi) is 3.98. The lowest BCUT2D eigenvalue weighted by atomic mass is 10.0. The van der Waals surface area contributed by atoms with Gasteiger partial charge in [-0.25, -0.2) is 0 Å². The third kappa shape index (κ3) is 3.37. The minimum atomic E-state index is -4.62. The molecule has 0 saturated heterocycles. The molecule has 1 aromatic heterocycles. The Morgan fingerprint density at radius 3 is 2.53 bits per heavy atom. The van der Waals surface area contributed by atoms with Gasteiger partial charge in [0.25, 0.3) is 0 Å². The molecule has 0 atom stereocenters. The zero-order valence-electron chi connectivity index (χ0n) is 9.04. The molecule has 0 fully saturated rings. The van der Waals surface area contributed by atoms with Crippen molar-refractivity contribution in [2.75, 3.05) is 0 Å². The van der Waals surface area contributed by atoms with Crippen LogP contribution in [-0.4, -0.2) is 16.6 Å². The molecule has 3 nitrogen and oxygen atoms in total. The van der Waals surface area contributed by atoms with Crippen LogP contribution in [0.25, 0.3) is 0 Å². The van der Waals surface area contributed by atoms with Crippen molar-refractivity contribution in [3.05, 3.63) is 29.6 Å². The first-order valence-electron chi connectivity index (χ1n) is 4.92. The number of aromatic nitrogens is 1. The van der Waals surface area contributed by atoms with Crippen LogP contribution < -0.4 is 0 Å². The largest absolute Gasteiger partial charge is 0.417 e. The fourth-order valence-electron chi connectivity index (χ4n) is 1.26. The van der Waals surface area contributed by atoms with E-state index >= 15 is 0 Å². The number of nitrogens with zero attached hydrogens (tertiary/aromatic N) is 1. The molecule has 0 aliphatic heterocycles. The van der Waals surface area contributed by atoms with Crippen molar-refractivity contribution in [1.82, 2.24) is 4.98 Å². The Balaban J connectivity index is 3.06. The van der Waals surface area contributed by atoms with E-state index in [0.717, 1.165) is 18.5 Å². The number of Topliss-reactive ketones (excluding diaryl/α,β-unsaturated/α-hetero) is 2. The summed E-state index contributed by atoms with van der Waals surface area (Å²) < 4.78 is 37.7. The number of carbonyl (C=O) groups excluding carboxylic acids is 2. The number of hydrogen-bond acceptors (Lipinski definition) is 3. The van der Waals surface area contributed by atoms with Crippen molar-refractivity contribution >= 4 is 11.6 Å². The van der Waals surface area contributed by atoms with Crippen LogP contribution in [0.5, 0.6) is 0 Å². The van der Waals surface area contributed by atoms with Gasteiger partial charge in [0.2, 0.25) is 0 Å². The molecule has 0 bridgehead atoms. The van der Waals surface area contributed by atoms with E-state index in [1.807, 2.05) is 0 Å². The van der Waals surface area contributed by atoms with Gasteiger partial charge in [0, 0.05) is 24.4 Å². The Morgan fingerprint density at radius 1 is 1.35 bits per heavy atom. The van der Waals surface area contributed by atoms with Crippen LogP contribution in [0.4, 0.5) is 13.2 Å². The summed E-state index contributed by atoms with van der Waals surface area (Å²) in [5.74, 6) is -1.25. The fourth-order valence-corrected chi connectivity index (χ4v) is 1.26. The first-order valence-corrected chi connectivity index (χ1v) is 4.92. The first kappa shape index (κ1) is 13.3. The Hall–Kier alpha value is -1.72. The molecule has 6 heteroatoms. The summed E-state index contributed by atoms with van der Waals surface area (Å²) in [5, 5.41) is 0. The molecule has 1 rings (SSSR count). The molecular formula is C11H10F3NO2. The Labute approximate surface area is 95.7 Å². The normalized spacial score (nSPS) is 11.3. The van der Waals surface area contributed by atoms with Crippen molar-refractivity contribution in [2.45, 2.75) is 25.9 Å². The van der Waals surface area contributed by atoms with Gasteiger partial charge in [-0.05, 0) is 6.07 Å². The highest BCUT2D eigenvalue weighted by molar-refractivity contribution is 6.08. The molecule has 0 aliphatic carbocycles. The highest BCUT2D eigenvalue weighted by Gasteiger charge is 2.35. The summed E-state index contributed by atoms with van der Waals surface area (Å²) in [6.07, 6.45) is -3.23. The van der Waals surface area contributed by atoms with Crippen LogP contribution >= 0.6 is 0 Å². The summed E-state index contributed by atoms with van der Waals surface area (Å²) >= 11 is 0. The van der Waals surface area contributed by atoms with Crippen LogP contribution in [0.15, 0.2) is 18.5 Å². The van der Waals surface area contributed by atoms with E-state index in [2.05, 4.69) is 4.98 Å². The Morgan fingerprint density at radius 2 is 2.00 bits per heavy atom. The van der Waals surface area contributed by atoms with E-state index in [1.54, 1.807) is 6.92 Å². The third-order valence-corrected chi connectivity index (χ3v) is 2.18. The quantitative estimate of drug-likeness (QED) is 0.605. The van der Waals surface area contributed by atoms with E-state index in [1.165, 1.54) is 0 Å². The average Bonchev–Trinajstić information content (AvgIpc) is 2.27. The molecule has 0 saturated carbocycles. The molecule has 0 spiro atoms. The number of halogens is 3. The summed E-state index contributed by atoms with van der Waals surface area (Å²) in [6, 6.07) is 0.726. The number of ketones is 2. The van der Waals surface area contributed by atoms with Gasteiger partial charge in [-0.3, -0.25) is 14.6 Å². The number of rotatable bonds is 4. The number of hydrogen-bond donors (Lipinski definition) is 0. The highest BCUT2D eigenvalue weighted by Crippen LogP contribution is 2.31. The molecule has 92 valence electrons. The van der Waals surface area contributed by atoms with Gasteiger partial charge >= 0.3 is 6.18 Å². The minimum Gasteiger partial charge on any atom is -0.299 e. The van der Waals surface area contributed by atoms with Gasteiger partial charge in [-0.1, -0.05) is 6.92 Å². The molecule has 1 heterocycles. The van der Waals surface area contributed by atoms with E-state index in [4.69, 9.17) is 0 Å². The van der Waals surface area contributed by atoms with Gasteiger partial charge in [-0.15, -0.1) is 0 Å². The second kappa shape index (κ2) is 5.07. The van der Waals surface area contributed by atoms with Gasteiger partial charge in [0.1, 0.15) is 5.78 Å². The molecule has 0 N–H and O–H groups in total. The summed E-state index contributed by atoms with van der Waals surface area (Å²) in [6.45, 7) is 1.55. The fraction of sp³-hybridized carbons (Fsp3) is 0.364. The van der Waals surface area contributed by atoms with Gasteiger partial charge in [0.15, 0.2) is 5.78 Å². The summed E-state index contributed by atoms with van der Waals surface area (Å²) in [5.41, 5.74) is -1.61. The molecule has 0 aliphatic rings. The lowest BCUT2D eigenvalue weighted by Crippen LogP contribution is -2.15. The molecule has 0 radical (unpaired) electrons. The standard InChI is InChI=1S/C11H10F3NO2/c1-2-7(16)5-10(17)8-6-15-4-3-9(8)11(12,13)14/h3-4,6H,2,5H2,1H3. The van der Waals surface area contributed by atoms with Gasteiger partial charge < -0.3 is 0 Å². The lowest BCUT2D eigenvalue weighted by molar-refractivity contribution is -0.138. The summed E-state index contributed by atoms with van der Waals surface area (Å²) in [4.78, 5) is 26.0. The second-order valence-electron chi connectivity index (χ2n) is 3.41. The molecule has 0 amide bonds. The minimum absolute atomic E-state index is 0.118. The molecule has 0 unspecified atom stereocenters. The number of alkyl halides is 3. The zero-order valence-corrected chi connectivity index (χ0v) is 9.04. The predicted molar refractivity (Wildman–Crippen MR) is 53.5 cm³/mol. The predicted octanol–water partition coefficient (Wildman–Crippen LogP) is 2.65. The van der Waals surface area contributed by atoms with Crippen LogP contribution in [-0.2, 0) is 11.0 Å². The van der Waals surface area contributed by atoms with Crippen LogP contribution in [0.1, 0.15) is 35.7 Å². The van der Waals surface area contributed by atoms with E-state index in [-0.39, 0.29) is 6.42 Å². The smallest absolute Gasteiger partial charge is 0.299 e. The topological polar surface area (TPSA) is 47.0 Å². The lowest BCUT2D eigenvalue weighted by Gasteiger charge is -2.10. The van der Waals surface area contributed by atoms with Crippen molar-refractivity contribution in [2.24, 2.45) is 0 Å². The molecule has 0 aromatic carbocycles. The number of carbonyl (C=O) groups is 2. The first-order chi connectivity index (χ1) is 7.86. The van der Waals surface area contributed by atoms with Crippen molar-refractivity contribution in [1.29, 1.82) is 0 Å². The van der Waals surface area contributed by atoms with Crippen molar-refractivity contribution in [3.63, 3.8) is 0 Å². The second-order valence-corrected chi connectivity index (χ2v) is 3.41. The summed E-state index contributed by atoms with van der Waals surface area (Å²) in [7, 11) is 0. The monoisotopic (exact) mass is 245 g/mol. The maximum atomic E-state index is 12.6. The zero-order chi connectivity index (χ0) is 13.1. The van der Waals surface area contributed by atoms with E-state index in [9.17, 15) is 22.8 Å². The van der Waals surface area contributed by atoms with Crippen LogP contribution in [0.3, 0.4) is 0 Å². The van der Waals surface area contributed by atoms with Gasteiger partial charge in [-0.2, -0.15) is 13.2 Å². The third-order valence-electron chi connectivity index (χ3n) is 2.18. The number of pyridine rings is 1. The maximum Gasteiger partial charge on any atom is 0.417 e. The Bertz CT molecular complexity index is 441. The SMILES string of the molecule is CCC(=O)CC(=O)c1cnccc1C(F)(F)F. The average molecular weight is 245 g/mol. The maximum absolute atomic E-state index is 12.6. The van der Waals surface area contributed by atoms with Crippen molar-refractivity contribution in [3.8, 4) is 0 Å². The van der Waals surface area contributed by atoms with Crippen LogP contribution in [0.2, 0.25) is 0 Å². The molecule has 1 aromatic rings. The van der Waals surface area contributed by atoms with Crippen LogP contribution in [0, 0.1) is 0 Å².